The second-order valence-corrected chi connectivity index (χ2v) is 4.15. The molecular weight excluding hydrogens is 198 g/mol. The van der Waals surface area contributed by atoms with E-state index in [4.69, 9.17) is 10.00 Å². The van der Waals surface area contributed by atoms with Gasteiger partial charge in [0, 0.05) is 6.42 Å². The molecule has 1 aromatic carbocycles. The topological polar surface area (TPSA) is 33.0 Å². The van der Waals surface area contributed by atoms with E-state index < -0.39 is 0 Å². The molecule has 0 aromatic heterocycles. The van der Waals surface area contributed by atoms with Gasteiger partial charge in [0.05, 0.1) is 13.2 Å². The molecule has 0 amide bonds. The summed E-state index contributed by atoms with van der Waals surface area (Å²) in [6.45, 7) is 6.28. The largest absolute Gasteiger partial charge is 0.496 e. The average molecular weight is 217 g/mol. The Labute approximate surface area is 97.9 Å². The highest BCUT2D eigenvalue weighted by atomic mass is 16.5. The van der Waals surface area contributed by atoms with Crippen LogP contribution in [0.4, 0.5) is 0 Å². The first-order chi connectivity index (χ1) is 7.61. The fourth-order valence-electron chi connectivity index (χ4n) is 2.07. The number of methoxy groups -OCH3 is 1. The van der Waals surface area contributed by atoms with E-state index >= 15 is 0 Å². The quantitative estimate of drug-likeness (QED) is 0.723. The number of hydrogen-bond acceptors (Lipinski definition) is 2. The second kappa shape index (κ2) is 5.55. The van der Waals surface area contributed by atoms with E-state index in [9.17, 15) is 0 Å². The van der Waals surface area contributed by atoms with Gasteiger partial charge < -0.3 is 4.74 Å². The van der Waals surface area contributed by atoms with Crippen LogP contribution >= 0.6 is 0 Å². The highest BCUT2D eigenvalue weighted by Crippen LogP contribution is 2.29. The maximum Gasteiger partial charge on any atom is 0.124 e. The molecule has 2 nitrogen and oxygen atoms in total. The molecule has 0 aliphatic rings. The highest BCUT2D eigenvalue weighted by molar-refractivity contribution is 5.49. The Morgan fingerprint density at radius 2 is 1.94 bits per heavy atom. The van der Waals surface area contributed by atoms with Crippen molar-refractivity contribution >= 4 is 0 Å². The van der Waals surface area contributed by atoms with Gasteiger partial charge in [0.15, 0.2) is 0 Å². The van der Waals surface area contributed by atoms with Gasteiger partial charge >= 0.3 is 0 Å². The van der Waals surface area contributed by atoms with Crippen molar-refractivity contribution in [2.24, 2.45) is 0 Å². The van der Waals surface area contributed by atoms with Crippen molar-refractivity contribution in [3.05, 3.63) is 28.3 Å². The van der Waals surface area contributed by atoms with Gasteiger partial charge in [0.25, 0.3) is 0 Å². The lowest BCUT2D eigenvalue weighted by Crippen LogP contribution is -1.99. The fourth-order valence-corrected chi connectivity index (χ4v) is 2.07. The molecule has 1 rings (SSSR count). The number of hydrogen-bond donors (Lipinski definition) is 0. The number of rotatable bonds is 4. The summed E-state index contributed by atoms with van der Waals surface area (Å²) in [6.07, 6.45) is 2.54. The lowest BCUT2D eigenvalue weighted by Gasteiger charge is -2.15. The smallest absolute Gasteiger partial charge is 0.124 e. The van der Waals surface area contributed by atoms with Crippen molar-refractivity contribution < 1.29 is 4.74 Å². The van der Waals surface area contributed by atoms with Gasteiger partial charge in [-0.15, -0.1) is 0 Å². The van der Waals surface area contributed by atoms with Gasteiger partial charge in [0.2, 0.25) is 0 Å². The van der Waals surface area contributed by atoms with Crippen molar-refractivity contribution in [3.63, 3.8) is 0 Å². The molecule has 86 valence electrons. The minimum atomic E-state index is 0.629. The molecule has 0 atom stereocenters. The van der Waals surface area contributed by atoms with E-state index in [0.29, 0.717) is 6.42 Å². The first kappa shape index (κ1) is 12.6. The zero-order valence-corrected chi connectivity index (χ0v) is 10.6. The van der Waals surface area contributed by atoms with Gasteiger partial charge in [-0.05, 0) is 55.9 Å². The first-order valence-electron chi connectivity index (χ1n) is 5.62. The van der Waals surface area contributed by atoms with E-state index in [1.54, 1.807) is 7.11 Å². The van der Waals surface area contributed by atoms with E-state index in [1.165, 1.54) is 22.3 Å². The van der Waals surface area contributed by atoms with Gasteiger partial charge in [-0.2, -0.15) is 5.26 Å². The predicted molar refractivity (Wildman–Crippen MR) is 65.8 cm³/mol. The van der Waals surface area contributed by atoms with E-state index in [0.717, 1.165) is 18.6 Å². The number of nitriles is 1. The minimum absolute atomic E-state index is 0.629. The molecule has 2 heteroatoms. The maximum absolute atomic E-state index is 8.53. The number of ether oxygens (including phenoxy) is 1. The van der Waals surface area contributed by atoms with Crippen LogP contribution in [0.3, 0.4) is 0 Å². The summed E-state index contributed by atoms with van der Waals surface area (Å²) in [5.74, 6) is 0.988. The van der Waals surface area contributed by atoms with Crippen LogP contribution < -0.4 is 4.74 Å². The molecule has 0 aliphatic carbocycles. The number of unbranched alkanes of at least 4 members (excludes halogenated alkanes) is 1. The summed E-state index contributed by atoms with van der Waals surface area (Å²) in [5, 5.41) is 8.53. The highest BCUT2D eigenvalue weighted by Gasteiger charge is 2.09. The molecule has 0 heterocycles. The van der Waals surface area contributed by atoms with Gasteiger partial charge in [-0.3, -0.25) is 0 Å². The Hall–Kier alpha value is -1.49. The van der Waals surface area contributed by atoms with Crippen LogP contribution in [0.15, 0.2) is 6.07 Å². The summed E-state index contributed by atoms with van der Waals surface area (Å²) in [7, 11) is 1.71. The third-order valence-corrected chi connectivity index (χ3v) is 3.07. The molecule has 0 aliphatic heterocycles. The Bertz CT molecular complexity index is 416. The molecule has 16 heavy (non-hydrogen) atoms. The van der Waals surface area contributed by atoms with Crippen LogP contribution in [-0.2, 0) is 6.42 Å². The molecule has 0 bridgehead atoms. The zero-order valence-electron chi connectivity index (χ0n) is 10.6. The molecule has 0 spiro atoms. The summed E-state index contributed by atoms with van der Waals surface area (Å²) < 4.78 is 5.38. The SMILES string of the molecule is COc1c(C)cc(CCCC#N)c(C)c1C. The number of nitrogens with zero attached hydrogens (tertiary/aromatic N) is 1. The van der Waals surface area contributed by atoms with Crippen molar-refractivity contribution in [2.45, 2.75) is 40.0 Å². The lowest BCUT2D eigenvalue weighted by molar-refractivity contribution is 0.408. The van der Waals surface area contributed by atoms with Crippen LogP contribution in [0.25, 0.3) is 0 Å². The maximum atomic E-state index is 8.53. The summed E-state index contributed by atoms with van der Waals surface area (Å²) in [4.78, 5) is 0. The standard InChI is InChI=1S/C14H19NO/c1-10-9-13(7-5-6-8-15)11(2)12(3)14(10)16-4/h9H,5-7H2,1-4H3. The third-order valence-electron chi connectivity index (χ3n) is 3.07. The molecular formula is C14H19NO. The van der Waals surface area contributed by atoms with Crippen LogP contribution in [0.5, 0.6) is 5.75 Å². The molecule has 1 aromatic rings. The van der Waals surface area contributed by atoms with E-state index in [-0.39, 0.29) is 0 Å². The van der Waals surface area contributed by atoms with E-state index in [2.05, 4.69) is 32.9 Å². The lowest BCUT2D eigenvalue weighted by atomic mass is 9.95. The predicted octanol–water partition coefficient (Wildman–Crippen LogP) is 3.47. The van der Waals surface area contributed by atoms with Crippen LogP contribution in [0.2, 0.25) is 0 Å². The van der Waals surface area contributed by atoms with Crippen molar-refractivity contribution in [1.82, 2.24) is 0 Å². The van der Waals surface area contributed by atoms with Gasteiger partial charge in [-0.1, -0.05) is 6.07 Å². The van der Waals surface area contributed by atoms with Crippen molar-refractivity contribution in [3.8, 4) is 11.8 Å². The number of aryl methyl sites for hydroxylation is 2. The van der Waals surface area contributed by atoms with Crippen molar-refractivity contribution in [1.29, 1.82) is 5.26 Å². The Morgan fingerprint density at radius 1 is 1.25 bits per heavy atom. The first-order valence-corrected chi connectivity index (χ1v) is 5.62. The normalized spacial score (nSPS) is 9.94. The average Bonchev–Trinajstić information content (AvgIpc) is 2.26. The Balaban J connectivity index is 3.00. The second-order valence-electron chi connectivity index (χ2n) is 4.15. The molecule has 0 radical (unpaired) electrons. The monoisotopic (exact) mass is 217 g/mol. The zero-order chi connectivity index (χ0) is 12.1. The third kappa shape index (κ3) is 2.55. The number of benzene rings is 1. The fraction of sp³-hybridized carbons (Fsp3) is 0.500. The molecule has 0 fully saturated rings. The van der Waals surface area contributed by atoms with E-state index in [1.807, 2.05) is 0 Å². The van der Waals surface area contributed by atoms with Crippen LogP contribution in [-0.4, -0.2) is 7.11 Å². The Morgan fingerprint density at radius 3 is 2.50 bits per heavy atom. The van der Waals surface area contributed by atoms with Crippen LogP contribution in [0.1, 0.15) is 35.1 Å². The molecule has 0 saturated heterocycles. The summed E-state index contributed by atoms with van der Waals surface area (Å²) in [6, 6.07) is 4.36. The van der Waals surface area contributed by atoms with Gasteiger partial charge in [-0.25, -0.2) is 0 Å². The molecule has 0 N–H and O–H groups in total. The summed E-state index contributed by atoms with van der Waals surface area (Å²) in [5.41, 5.74) is 5.03. The van der Waals surface area contributed by atoms with Crippen LogP contribution in [0, 0.1) is 32.1 Å². The minimum Gasteiger partial charge on any atom is -0.496 e. The van der Waals surface area contributed by atoms with Crippen molar-refractivity contribution in [2.75, 3.05) is 7.11 Å². The Kier molecular flexibility index (Phi) is 4.37. The molecule has 0 unspecified atom stereocenters. The summed E-state index contributed by atoms with van der Waals surface area (Å²) >= 11 is 0. The van der Waals surface area contributed by atoms with Gasteiger partial charge in [0.1, 0.15) is 5.75 Å². The molecule has 0 saturated carbocycles.